The number of hydrogen-bond donors (Lipinski definition) is 1. The molecule has 0 bridgehead atoms. The summed E-state index contributed by atoms with van der Waals surface area (Å²) in [4.78, 5) is 24.7. The molecule has 0 aliphatic carbocycles. The highest BCUT2D eigenvalue weighted by molar-refractivity contribution is 5.91. The van der Waals surface area contributed by atoms with Crippen LogP contribution in [-0.4, -0.2) is 23.0 Å². The first-order chi connectivity index (χ1) is 11.6. The Balaban J connectivity index is 1.95. The smallest absolute Gasteiger partial charge is 0.339 e. The second-order valence-corrected chi connectivity index (χ2v) is 6.03. The van der Waals surface area contributed by atoms with Gasteiger partial charge in [0.2, 0.25) is 0 Å². The van der Waals surface area contributed by atoms with Gasteiger partial charge in [-0.25, -0.2) is 4.79 Å². The van der Waals surface area contributed by atoms with Crippen molar-refractivity contribution in [3.05, 3.63) is 71.3 Å². The van der Waals surface area contributed by atoms with E-state index in [0.29, 0.717) is 24.8 Å². The number of carbonyl (C=O) groups excluding carboxylic acids is 2. The number of aliphatic hydroxyl groups excluding tert-OH is 1. The SMILES string of the molecule is O=C1O[C@@H](c2ccccc2)C[C@@H](O)C(=O)CCCc2ccccc21. The van der Waals surface area contributed by atoms with Crippen molar-refractivity contribution in [1.82, 2.24) is 0 Å². The van der Waals surface area contributed by atoms with E-state index >= 15 is 0 Å². The maximum absolute atomic E-state index is 12.6. The Kier molecular flexibility index (Phi) is 5.06. The molecule has 24 heavy (non-hydrogen) atoms. The van der Waals surface area contributed by atoms with E-state index in [4.69, 9.17) is 4.74 Å². The van der Waals surface area contributed by atoms with E-state index in [1.807, 2.05) is 42.5 Å². The second kappa shape index (κ2) is 7.41. The molecule has 124 valence electrons. The standard InChI is InChI=1S/C20H20O4/c21-17-12-6-10-14-7-4-5-11-16(14)20(23)24-19(13-18(17)22)15-8-2-1-3-9-15/h1-5,7-9,11,18-19,22H,6,10,12-13H2/t18-,19-/m1/s1. The minimum absolute atomic E-state index is 0.0801. The van der Waals surface area contributed by atoms with Crippen molar-refractivity contribution in [2.75, 3.05) is 0 Å². The molecule has 0 radical (unpaired) electrons. The molecule has 0 aromatic heterocycles. The van der Waals surface area contributed by atoms with Crippen LogP contribution in [0, 0.1) is 0 Å². The fourth-order valence-corrected chi connectivity index (χ4v) is 3.00. The van der Waals surface area contributed by atoms with Crippen molar-refractivity contribution in [2.45, 2.75) is 37.9 Å². The van der Waals surface area contributed by atoms with Crippen LogP contribution in [0.4, 0.5) is 0 Å². The van der Waals surface area contributed by atoms with Crippen molar-refractivity contribution >= 4 is 11.8 Å². The lowest BCUT2D eigenvalue weighted by atomic mass is 9.98. The molecule has 1 N–H and O–H groups in total. The van der Waals surface area contributed by atoms with E-state index in [1.165, 1.54) is 0 Å². The van der Waals surface area contributed by atoms with Gasteiger partial charge < -0.3 is 9.84 Å². The van der Waals surface area contributed by atoms with Crippen LogP contribution in [0.2, 0.25) is 0 Å². The van der Waals surface area contributed by atoms with Crippen molar-refractivity contribution < 1.29 is 19.4 Å². The maximum atomic E-state index is 12.6. The van der Waals surface area contributed by atoms with E-state index in [1.54, 1.807) is 12.1 Å². The number of aryl methyl sites for hydroxylation is 1. The van der Waals surface area contributed by atoms with Crippen molar-refractivity contribution in [2.24, 2.45) is 0 Å². The normalized spacial score (nSPS) is 22.2. The zero-order chi connectivity index (χ0) is 16.9. The third-order valence-corrected chi connectivity index (χ3v) is 4.34. The maximum Gasteiger partial charge on any atom is 0.339 e. The Labute approximate surface area is 141 Å². The minimum Gasteiger partial charge on any atom is -0.454 e. The Morgan fingerprint density at radius 1 is 0.917 bits per heavy atom. The number of ether oxygens (including phenoxy) is 1. The second-order valence-electron chi connectivity index (χ2n) is 6.03. The zero-order valence-electron chi connectivity index (χ0n) is 13.4. The van der Waals surface area contributed by atoms with Gasteiger partial charge in [0.1, 0.15) is 12.2 Å². The summed E-state index contributed by atoms with van der Waals surface area (Å²) >= 11 is 0. The van der Waals surface area contributed by atoms with Crippen molar-refractivity contribution in [3.63, 3.8) is 0 Å². The number of esters is 1. The topological polar surface area (TPSA) is 63.6 Å². The van der Waals surface area contributed by atoms with Crippen LogP contribution in [0.15, 0.2) is 54.6 Å². The third kappa shape index (κ3) is 3.71. The molecule has 1 aliphatic heterocycles. The first-order valence-electron chi connectivity index (χ1n) is 8.20. The van der Waals surface area contributed by atoms with Gasteiger partial charge >= 0.3 is 5.97 Å². The lowest BCUT2D eigenvalue weighted by Crippen LogP contribution is -2.24. The first kappa shape index (κ1) is 16.4. The number of cyclic esters (lactones) is 1. The monoisotopic (exact) mass is 324 g/mol. The lowest BCUT2D eigenvalue weighted by Gasteiger charge is -2.21. The van der Waals surface area contributed by atoms with Crippen molar-refractivity contribution in [1.29, 1.82) is 0 Å². The van der Waals surface area contributed by atoms with Crippen LogP contribution in [0.1, 0.15) is 46.9 Å². The van der Waals surface area contributed by atoms with Crippen LogP contribution < -0.4 is 0 Å². The molecule has 0 unspecified atom stereocenters. The first-order valence-corrected chi connectivity index (χ1v) is 8.20. The fourth-order valence-electron chi connectivity index (χ4n) is 3.00. The van der Waals surface area contributed by atoms with Gasteiger partial charge in [-0.05, 0) is 30.0 Å². The Morgan fingerprint density at radius 2 is 1.62 bits per heavy atom. The van der Waals surface area contributed by atoms with Gasteiger partial charge in [0.05, 0.1) is 5.56 Å². The minimum atomic E-state index is -1.12. The summed E-state index contributed by atoms with van der Waals surface area (Å²) in [5.41, 5.74) is 2.18. The highest BCUT2D eigenvalue weighted by Gasteiger charge is 2.27. The summed E-state index contributed by atoms with van der Waals surface area (Å²) in [5, 5.41) is 10.2. The molecule has 2 aromatic carbocycles. The molecule has 0 amide bonds. The predicted molar refractivity (Wildman–Crippen MR) is 89.6 cm³/mol. The summed E-state index contributed by atoms with van der Waals surface area (Å²) in [7, 11) is 0. The number of rotatable bonds is 1. The molecule has 0 saturated carbocycles. The van der Waals surface area contributed by atoms with Gasteiger partial charge in [0, 0.05) is 12.8 Å². The van der Waals surface area contributed by atoms with Gasteiger partial charge in [0.15, 0.2) is 5.78 Å². The van der Waals surface area contributed by atoms with E-state index in [0.717, 1.165) is 11.1 Å². The lowest BCUT2D eigenvalue weighted by molar-refractivity contribution is -0.128. The van der Waals surface area contributed by atoms with Crippen LogP contribution in [0.5, 0.6) is 0 Å². The number of ketones is 1. The van der Waals surface area contributed by atoms with Gasteiger partial charge in [-0.15, -0.1) is 0 Å². The Hall–Kier alpha value is -2.46. The molecule has 4 nitrogen and oxygen atoms in total. The molecule has 1 aliphatic rings. The average molecular weight is 324 g/mol. The number of Topliss-reactive ketones (excluding diaryl/α,β-unsaturated/α-hetero) is 1. The Bertz CT molecular complexity index is 723. The van der Waals surface area contributed by atoms with Gasteiger partial charge in [-0.2, -0.15) is 0 Å². The number of aliphatic hydroxyl groups is 1. The molecule has 0 saturated heterocycles. The fraction of sp³-hybridized carbons (Fsp3) is 0.300. The van der Waals surface area contributed by atoms with E-state index in [-0.39, 0.29) is 12.2 Å². The van der Waals surface area contributed by atoms with E-state index in [2.05, 4.69) is 0 Å². The quantitative estimate of drug-likeness (QED) is 0.818. The van der Waals surface area contributed by atoms with Crippen LogP contribution in [0.3, 0.4) is 0 Å². The van der Waals surface area contributed by atoms with E-state index < -0.39 is 18.2 Å². The number of carbonyl (C=O) groups is 2. The van der Waals surface area contributed by atoms with Gasteiger partial charge in [-0.1, -0.05) is 48.5 Å². The molecule has 0 spiro atoms. The van der Waals surface area contributed by atoms with Gasteiger partial charge in [-0.3, -0.25) is 4.79 Å². The van der Waals surface area contributed by atoms with E-state index in [9.17, 15) is 14.7 Å². The summed E-state index contributed by atoms with van der Waals surface area (Å²) in [6, 6.07) is 16.5. The summed E-state index contributed by atoms with van der Waals surface area (Å²) < 4.78 is 5.66. The average Bonchev–Trinajstić information content (AvgIpc) is 2.63. The number of hydrogen-bond acceptors (Lipinski definition) is 4. The molecular formula is C20H20O4. The number of benzene rings is 2. The molecule has 2 aromatic rings. The van der Waals surface area contributed by atoms with Crippen LogP contribution >= 0.6 is 0 Å². The summed E-state index contributed by atoms with van der Waals surface area (Å²) in [5.74, 6) is -0.618. The molecule has 3 rings (SSSR count). The zero-order valence-corrected chi connectivity index (χ0v) is 13.4. The van der Waals surface area contributed by atoms with Crippen LogP contribution in [0.25, 0.3) is 0 Å². The highest BCUT2D eigenvalue weighted by Crippen LogP contribution is 2.27. The highest BCUT2D eigenvalue weighted by atomic mass is 16.5. The third-order valence-electron chi connectivity index (χ3n) is 4.34. The summed E-state index contributed by atoms with van der Waals surface area (Å²) in [6.07, 6.45) is -0.175. The molecule has 1 heterocycles. The summed E-state index contributed by atoms with van der Waals surface area (Å²) in [6.45, 7) is 0. The Morgan fingerprint density at radius 3 is 2.42 bits per heavy atom. The molecule has 2 atom stereocenters. The molecule has 4 heteroatoms. The predicted octanol–water partition coefficient (Wildman–Crippen LogP) is 3.24. The largest absolute Gasteiger partial charge is 0.454 e. The molecular weight excluding hydrogens is 304 g/mol. The van der Waals surface area contributed by atoms with Crippen molar-refractivity contribution in [3.8, 4) is 0 Å². The van der Waals surface area contributed by atoms with Gasteiger partial charge in [0.25, 0.3) is 0 Å². The number of fused-ring (bicyclic) bond motifs is 1. The molecule has 0 fully saturated rings. The van der Waals surface area contributed by atoms with Crippen LogP contribution in [-0.2, 0) is 16.0 Å².